The fourth-order valence-corrected chi connectivity index (χ4v) is 2.85. The Balaban J connectivity index is 1.44. The lowest BCUT2D eigenvalue weighted by Gasteiger charge is -2.19. The third kappa shape index (κ3) is 5.57. The van der Waals surface area contributed by atoms with Crippen molar-refractivity contribution in [3.63, 3.8) is 0 Å². The highest BCUT2D eigenvalue weighted by Crippen LogP contribution is 2.17. The molecule has 0 saturated carbocycles. The van der Waals surface area contributed by atoms with E-state index in [0.29, 0.717) is 31.2 Å². The maximum Gasteiger partial charge on any atom is 0.252 e. The first kappa shape index (κ1) is 19.9. The first-order chi connectivity index (χ1) is 13.4. The molecule has 1 aromatic carbocycles. The van der Waals surface area contributed by atoms with E-state index in [2.05, 4.69) is 21.4 Å². The average molecular weight is 381 g/mol. The van der Waals surface area contributed by atoms with Crippen molar-refractivity contribution in [1.82, 2.24) is 15.3 Å². The van der Waals surface area contributed by atoms with Crippen molar-refractivity contribution in [3.05, 3.63) is 59.9 Å². The Morgan fingerprint density at radius 2 is 1.96 bits per heavy atom. The van der Waals surface area contributed by atoms with Crippen LogP contribution < -0.4 is 10.1 Å². The summed E-state index contributed by atoms with van der Waals surface area (Å²) in [5.41, 5.74) is 2.62. The van der Waals surface area contributed by atoms with Crippen LogP contribution in [-0.4, -0.2) is 41.2 Å². The van der Waals surface area contributed by atoms with Gasteiger partial charge in [0.2, 0.25) is 5.88 Å². The van der Waals surface area contributed by atoms with Gasteiger partial charge in [-0.05, 0) is 44.9 Å². The second kappa shape index (κ2) is 8.89. The third-order valence-corrected chi connectivity index (χ3v) is 4.22. The standard InChI is InChI=1S/C22H27N3O3/c1-22(2,3)28-13-12-27-20-9-8-17(15-25-20)21(26)23-11-10-16-14-24-19-7-5-4-6-18(16)19/h4-9,14-15,24H,10-13H2,1-3H3,(H,23,26). The number of hydrogen-bond acceptors (Lipinski definition) is 4. The van der Waals surface area contributed by atoms with Crippen molar-refractivity contribution in [2.75, 3.05) is 19.8 Å². The van der Waals surface area contributed by atoms with E-state index in [9.17, 15) is 4.79 Å². The predicted octanol–water partition coefficient (Wildman–Crippen LogP) is 3.73. The minimum atomic E-state index is -0.189. The molecular weight excluding hydrogens is 354 g/mol. The summed E-state index contributed by atoms with van der Waals surface area (Å²) in [4.78, 5) is 19.7. The first-order valence-corrected chi connectivity index (χ1v) is 9.48. The second-order valence-electron chi connectivity index (χ2n) is 7.56. The summed E-state index contributed by atoms with van der Waals surface area (Å²) in [6.45, 7) is 7.45. The van der Waals surface area contributed by atoms with Crippen LogP contribution in [-0.2, 0) is 11.2 Å². The molecule has 3 aromatic rings. The summed E-state index contributed by atoms with van der Waals surface area (Å²) in [5.74, 6) is 0.336. The summed E-state index contributed by atoms with van der Waals surface area (Å²) in [5, 5.41) is 4.13. The number of carbonyl (C=O) groups is 1. The molecule has 2 N–H and O–H groups in total. The van der Waals surface area contributed by atoms with E-state index in [1.807, 2.05) is 45.2 Å². The van der Waals surface area contributed by atoms with Gasteiger partial charge in [0.05, 0.1) is 17.8 Å². The second-order valence-corrected chi connectivity index (χ2v) is 7.56. The lowest BCUT2D eigenvalue weighted by atomic mass is 10.1. The molecule has 0 atom stereocenters. The number of para-hydroxylation sites is 1. The third-order valence-electron chi connectivity index (χ3n) is 4.22. The van der Waals surface area contributed by atoms with Crippen molar-refractivity contribution in [3.8, 4) is 5.88 Å². The Labute approximate surface area is 165 Å². The highest BCUT2D eigenvalue weighted by molar-refractivity contribution is 5.94. The Morgan fingerprint density at radius 1 is 1.14 bits per heavy atom. The molecule has 3 rings (SSSR count). The molecule has 0 saturated heterocycles. The number of aromatic nitrogens is 2. The smallest absolute Gasteiger partial charge is 0.252 e. The number of ether oxygens (including phenoxy) is 2. The van der Waals surface area contributed by atoms with Gasteiger partial charge in [-0.3, -0.25) is 4.79 Å². The molecule has 2 aromatic heterocycles. The molecule has 0 bridgehead atoms. The van der Waals surface area contributed by atoms with Gasteiger partial charge >= 0.3 is 0 Å². The van der Waals surface area contributed by atoms with Crippen LogP contribution in [0.25, 0.3) is 10.9 Å². The highest BCUT2D eigenvalue weighted by atomic mass is 16.5. The van der Waals surface area contributed by atoms with Gasteiger partial charge < -0.3 is 19.8 Å². The van der Waals surface area contributed by atoms with E-state index in [0.717, 1.165) is 11.9 Å². The quantitative estimate of drug-likeness (QED) is 0.583. The molecule has 0 aliphatic heterocycles. The van der Waals surface area contributed by atoms with Crippen LogP contribution in [0.15, 0.2) is 48.8 Å². The van der Waals surface area contributed by atoms with Crippen LogP contribution in [0.3, 0.4) is 0 Å². The van der Waals surface area contributed by atoms with Gasteiger partial charge in [0.1, 0.15) is 6.61 Å². The molecule has 28 heavy (non-hydrogen) atoms. The van der Waals surface area contributed by atoms with Crippen LogP contribution in [0.1, 0.15) is 36.7 Å². The van der Waals surface area contributed by atoms with E-state index >= 15 is 0 Å². The van der Waals surface area contributed by atoms with Gasteiger partial charge in [-0.15, -0.1) is 0 Å². The molecule has 2 heterocycles. The predicted molar refractivity (Wildman–Crippen MR) is 110 cm³/mol. The highest BCUT2D eigenvalue weighted by Gasteiger charge is 2.10. The number of aromatic amines is 1. The van der Waals surface area contributed by atoms with Crippen molar-refractivity contribution < 1.29 is 14.3 Å². The number of H-pyrrole nitrogens is 1. The van der Waals surface area contributed by atoms with E-state index in [1.165, 1.54) is 17.1 Å². The van der Waals surface area contributed by atoms with E-state index in [-0.39, 0.29) is 11.5 Å². The molecule has 0 fully saturated rings. The summed E-state index contributed by atoms with van der Waals surface area (Å²) < 4.78 is 11.1. The lowest BCUT2D eigenvalue weighted by molar-refractivity contribution is -0.0168. The van der Waals surface area contributed by atoms with Crippen LogP contribution in [0.4, 0.5) is 0 Å². The number of nitrogens with zero attached hydrogens (tertiary/aromatic N) is 1. The number of amides is 1. The van der Waals surface area contributed by atoms with Crippen LogP contribution in [0, 0.1) is 0 Å². The molecule has 0 radical (unpaired) electrons. The van der Waals surface area contributed by atoms with Gasteiger partial charge in [-0.25, -0.2) is 4.98 Å². The number of carbonyl (C=O) groups excluding carboxylic acids is 1. The fourth-order valence-electron chi connectivity index (χ4n) is 2.85. The Kier molecular flexibility index (Phi) is 6.31. The summed E-state index contributed by atoms with van der Waals surface area (Å²) in [6.07, 6.45) is 4.28. The Bertz CT molecular complexity index is 911. The minimum Gasteiger partial charge on any atom is -0.475 e. The molecule has 0 aliphatic carbocycles. The normalized spacial score (nSPS) is 11.5. The van der Waals surface area contributed by atoms with Gasteiger partial charge in [0.25, 0.3) is 5.91 Å². The molecule has 0 spiro atoms. The first-order valence-electron chi connectivity index (χ1n) is 9.48. The summed E-state index contributed by atoms with van der Waals surface area (Å²) >= 11 is 0. The van der Waals surface area contributed by atoms with Crippen LogP contribution in [0.5, 0.6) is 5.88 Å². The maximum absolute atomic E-state index is 12.3. The molecule has 1 amide bonds. The summed E-state index contributed by atoms with van der Waals surface area (Å²) in [7, 11) is 0. The summed E-state index contributed by atoms with van der Waals surface area (Å²) in [6, 6.07) is 11.6. The number of pyridine rings is 1. The maximum atomic E-state index is 12.3. The number of nitrogens with one attached hydrogen (secondary N) is 2. The molecule has 0 unspecified atom stereocenters. The molecule has 6 nitrogen and oxygen atoms in total. The minimum absolute atomic E-state index is 0.144. The SMILES string of the molecule is CC(C)(C)OCCOc1ccc(C(=O)NCCc2c[nH]c3ccccc23)cn1. The number of benzene rings is 1. The van der Waals surface area contributed by atoms with Crippen LogP contribution >= 0.6 is 0 Å². The molecule has 0 aliphatic rings. The van der Waals surface area contributed by atoms with Gasteiger partial charge in [0.15, 0.2) is 0 Å². The van der Waals surface area contributed by atoms with Crippen molar-refractivity contribution in [2.45, 2.75) is 32.8 Å². The van der Waals surface area contributed by atoms with E-state index in [1.54, 1.807) is 12.1 Å². The fraction of sp³-hybridized carbons (Fsp3) is 0.364. The zero-order valence-corrected chi connectivity index (χ0v) is 16.6. The van der Waals surface area contributed by atoms with Gasteiger partial charge in [-0.1, -0.05) is 18.2 Å². The van der Waals surface area contributed by atoms with Gasteiger partial charge in [0, 0.05) is 35.9 Å². The molecule has 148 valence electrons. The van der Waals surface area contributed by atoms with Gasteiger partial charge in [-0.2, -0.15) is 0 Å². The van der Waals surface area contributed by atoms with E-state index < -0.39 is 0 Å². The largest absolute Gasteiger partial charge is 0.475 e. The molecular formula is C22H27N3O3. The van der Waals surface area contributed by atoms with Crippen molar-refractivity contribution in [2.24, 2.45) is 0 Å². The van der Waals surface area contributed by atoms with Crippen molar-refractivity contribution in [1.29, 1.82) is 0 Å². The van der Waals surface area contributed by atoms with Crippen LogP contribution in [0.2, 0.25) is 0 Å². The lowest BCUT2D eigenvalue weighted by Crippen LogP contribution is -2.25. The number of rotatable bonds is 8. The average Bonchev–Trinajstić information content (AvgIpc) is 3.08. The zero-order chi connectivity index (χ0) is 20.0. The monoisotopic (exact) mass is 381 g/mol. The van der Waals surface area contributed by atoms with Crippen molar-refractivity contribution >= 4 is 16.8 Å². The number of hydrogen-bond donors (Lipinski definition) is 2. The number of fused-ring (bicyclic) bond motifs is 1. The molecule has 6 heteroatoms. The zero-order valence-electron chi connectivity index (χ0n) is 16.6. The Morgan fingerprint density at radius 3 is 2.71 bits per heavy atom. The van der Waals surface area contributed by atoms with E-state index in [4.69, 9.17) is 9.47 Å². The topological polar surface area (TPSA) is 76.2 Å². The Hall–Kier alpha value is -2.86.